The molecule has 0 aliphatic rings. The highest BCUT2D eigenvalue weighted by Crippen LogP contribution is 2.29. The van der Waals surface area contributed by atoms with Crippen molar-refractivity contribution in [1.82, 2.24) is 15.5 Å². The van der Waals surface area contributed by atoms with Crippen LogP contribution in [0.5, 0.6) is 11.5 Å². The number of amides is 1. The first-order chi connectivity index (χ1) is 13.9. The van der Waals surface area contributed by atoms with E-state index in [1.807, 2.05) is 31.2 Å². The van der Waals surface area contributed by atoms with Gasteiger partial charge in [-0.1, -0.05) is 18.2 Å². The molecule has 1 amide bonds. The van der Waals surface area contributed by atoms with Crippen molar-refractivity contribution in [3.8, 4) is 22.6 Å². The Bertz CT molecular complexity index is 1040. The molecule has 0 saturated carbocycles. The minimum Gasteiger partial charge on any atom is -0.497 e. The normalized spacial score (nSPS) is 11.6. The van der Waals surface area contributed by atoms with Crippen molar-refractivity contribution in [1.29, 1.82) is 0 Å². The van der Waals surface area contributed by atoms with Crippen molar-refractivity contribution in [2.45, 2.75) is 19.9 Å². The van der Waals surface area contributed by atoms with Crippen LogP contribution in [-0.2, 0) is 0 Å². The minimum absolute atomic E-state index is 0.120. The van der Waals surface area contributed by atoms with Crippen molar-refractivity contribution < 1.29 is 19.1 Å². The van der Waals surface area contributed by atoms with Crippen LogP contribution in [0, 0.1) is 0 Å². The van der Waals surface area contributed by atoms with Gasteiger partial charge < -0.3 is 14.8 Å². The van der Waals surface area contributed by atoms with Crippen LogP contribution in [0.1, 0.15) is 46.3 Å². The molecule has 7 nitrogen and oxygen atoms in total. The van der Waals surface area contributed by atoms with Crippen molar-refractivity contribution in [3.63, 3.8) is 0 Å². The summed E-state index contributed by atoms with van der Waals surface area (Å²) in [5.74, 6) is 0.758. The van der Waals surface area contributed by atoms with Crippen LogP contribution in [0.4, 0.5) is 0 Å². The molecule has 7 heteroatoms. The molecule has 1 atom stereocenters. The third-order valence-corrected chi connectivity index (χ3v) is 4.69. The number of rotatable bonds is 7. The molecule has 0 fully saturated rings. The van der Waals surface area contributed by atoms with Gasteiger partial charge in [-0.05, 0) is 42.3 Å². The largest absolute Gasteiger partial charge is 0.497 e. The summed E-state index contributed by atoms with van der Waals surface area (Å²) in [6, 6.07) is 12.5. The highest BCUT2D eigenvalue weighted by Gasteiger charge is 2.19. The Balaban J connectivity index is 1.85. The molecule has 2 N–H and O–H groups in total. The molecule has 0 bridgehead atoms. The Kier molecular flexibility index (Phi) is 5.97. The van der Waals surface area contributed by atoms with Crippen molar-refractivity contribution >= 4 is 11.7 Å². The zero-order valence-corrected chi connectivity index (χ0v) is 16.8. The zero-order chi connectivity index (χ0) is 21.0. The van der Waals surface area contributed by atoms with Crippen LogP contribution in [0.25, 0.3) is 11.1 Å². The Hall–Kier alpha value is -3.61. The summed E-state index contributed by atoms with van der Waals surface area (Å²) < 4.78 is 10.7. The summed E-state index contributed by atoms with van der Waals surface area (Å²) >= 11 is 0. The van der Waals surface area contributed by atoms with E-state index < -0.39 is 0 Å². The van der Waals surface area contributed by atoms with Crippen LogP contribution in [-0.4, -0.2) is 36.1 Å². The fourth-order valence-electron chi connectivity index (χ4n) is 3.09. The van der Waals surface area contributed by atoms with Crippen molar-refractivity contribution in [2.75, 3.05) is 14.2 Å². The molecule has 1 heterocycles. The van der Waals surface area contributed by atoms with Gasteiger partial charge in [-0.2, -0.15) is 5.10 Å². The maximum absolute atomic E-state index is 12.8. The molecular formula is C22H23N3O4. The van der Waals surface area contributed by atoms with Crippen LogP contribution in [0.2, 0.25) is 0 Å². The summed E-state index contributed by atoms with van der Waals surface area (Å²) in [7, 11) is 3.11. The number of hydrogen-bond acceptors (Lipinski definition) is 5. The highest BCUT2D eigenvalue weighted by molar-refractivity contribution is 6.00. The summed E-state index contributed by atoms with van der Waals surface area (Å²) in [5, 5.41) is 9.62. The van der Waals surface area contributed by atoms with Gasteiger partial charge in [-0.25, -0.2) is 0 Å². The molecular weight excluding hydrogens is 370 g/mol. The number of aromatic amines is 1. The smallest absolute Gasteiger partial charge is 0.255 e. The highest BCUT2D eigenvalue weighted by atomic mass is 16.5. The number of H-pyrrole nitrogens is 1. The van der Waals surface area contributed by atoms with Crippen LogP contribution in [0.3, 0.4) is 0 Å². The molecule has 0 aliphatic carbocycles. The number of Topliss-reactive ketones (excluding diaryl/α,β-unsaturated/α-hetero) is 1. The van der Waals surface area contributed by atoms with Gasteiger partial charge in [0, 0.05) is 12.5 Å². The first-order valence-corrected chi connectivity index (χ1v) is 9.12. The third kappa shape index (κ3) is 4.29. The number of nitrogens with one attached hydrogen (secondary N) is 2. The topological polar surface area (TPSA) is 93.3 Å². The van der Waals surface area contributed by atoms with Gasteiger partial charge in [0.05, 0.1) is 32.0 Å². The van der Waals surface area contributed by atoms with E-state index in [2.05, 4.69) is 15.5 Å². The number of benzene rings is 2. The molecule has 3 rings (SSSR count). The average molecular weight is 393 g/mol. The van der Waals surface area contributed by atoms with Gasteiger partial charge in [-0.3, -0.25) is 14.7 Å². The zero-order valence-electron chi connectivity index (χ0n) is 16.8. The van der Waals surface area contributed by atoms with Crippen molar-refractivity contribution in [3.05, 3.63) is 65.5 Å². The van der Waals surface area contributed by atoms with E-state index in [-0.39, 0.29) is 17.7 Å². The van der Waals surface area contributed by atoms with Crippen molar-refractivity contribution in [2.24, 2.45) is 0 Å². The number of hydrogen-bond donors (Lipinski definition) is 2. The lowest BCUT2D eigenvalue weighted by atomic mass is 10.0. The van der Waals surface area contributed by atoms with Crippen LogP contribution in [0.15, 0.2) is 48.7 Å². The van der Waals surface area contributed by atoms with E-state index in [0.717, 1.165) is 16.9 Å². The Morgan fingerprint density at radius 2 is 1.90 bits per heavy atom. The first-order valence-electron chi connectivity index (χ1n) is 9.12. The SMILES string of the molecule is COc1cccc([C@@H](C)NC(=O)c2ccc(-c3cn[nH]c3C(C)=O)cc2OC)c1. The standard InChI is InChI=1S/C22H23N3O4/c1-13(15-6-5-7-17(10-15)28-3)24-22(27)18-9-8-16(11-20(18)29-4)19-12-23-25-21(19)14(2)26/h5-13H,1-4H3,(H,23,25)(H,24,27)/t13-/m1/s1. The second-order valence-electron chi connectivity index (χ2n) is 6.60. The van der Waals surface area contributed by atoms with E-state index in [0.29, 0.717) is 22.6 Å². The maximum atomic E-state index is 12.8. The van der Waals surface area contributed by atoms with E-state index >= 15 is 0 Å². The van der Waals surface area contributed by atoms with E-state index in [1.54, 1.807) is 31.5 Å². The number of aromatic nitrogens is 2. The number of nitrogens with zero attached hydrogens (tertiary/aromatic N) is 1. The fraction of sp³-hybridized carbons (Fsp3) is 0.227. The molecule has 2 aromatic carbocycles. The van der Waals surface area contributed by atoms with Crippen LogP contribution < -0.4 is 14.8 Å². The monoisotopic (exact) mass is 393 g/mol. The van der Waals surface area contributed by atoms with E-state index in [1.165, 1.54) is 14.0 Å². The second kappa shape index (κ2) is 8.60. The molecule has 150 valence electrons. The molecule has 0 aliphatic heterocycles. The first kappa shape index (κ1) is 20.1. The predicted molar refractivity (Wildman–Crippen MR) is 109 cm³/mol. The number of carbonyl (C=O) groups is 2. The van der Waals surface area contributed by atoms with Gasteiger partial charge in [0.15, 0.2) is 5.78 Å². The Morgan fingerprint density at radius 1 is 1.10 bits per heavy atom. The lowest BCUT2D eigenvalue weighted by molar-refractivity contribution is 0.0935. The maximum Gasteiger partial charge on any atom is 0.255 e. The second-order valence-corrected chi connectivity index (χ2v) is 6.60. The molecule has 3 aromatic rings. The Morgan fingerprint density at radius 3 is 2.59 bits per heavy atom. The molecule has 0 radical (unpaired) electrons. The summed E-state index contributed by atoms with van der Waals surface area (Å²) in [5.41, 5.74) is 3.14. The summed E-state index contributed by atoms with van der Waals surface area (Å²) in [6.07, 6.45) is 1.58. The van der Waals surface area contributed by atoms with E-state index in [4.69, 9.17) is 9.47 Å². The molecule has 0 unspecified atom stereocenters. The molecule has 0 saturated heterocycles. The number of carbonyl (C=O) groups excluding carboxylic acids is 2. The number of methoxy groups -OCH3 is 2. The summed E-state index contributed by atoms with van der Waals surface area (Å²) in [6.45, 7) is 3.37. The summed E-state index contributed by atoms with van der Waals surface area (Å²) in [4.78, 5) is 24.6. The van der Waals surface area contributed by atoms with Gasteiger partial charge in [0.2, 0.25) is 0 Å². The number of ether oxygens (including phenoxy) is 2. The van der Waals surface area contributed by atoms with Crippen LogP contribution >= 0.6 is 0 Å². The minimum atomic E-state index is -0.261. The number of ketones is 1. The van der Waals surface area contributed by atoms with Gasteiger partial charge >= 0.3 is 0 Å². The van der Waals surface area contributed by atoms with E-state index in [9.17, 15) is 9.59 Å². The third-order valence-electron chi connectivity index (χ3n) is 4.69. The Labute approximate surface area is 169 Å². The fourth-order valence-corrected chi connectivity index (χ4v) is 3.09. The van der Waals surface area contributed by atoms with Gasteiger partial charge in [0.25, 0.3) is 5.91 Å². The lowest BCUT2D eigenvalue weighted by Crippen LogP contribution is -2.27. The molecule has 0 spiro atoms. The lowest BCUT2D eigenvalue weighted by Gasteiger charge is -2.17. The average Bonchev–Trinajstić information content (AvgIpc) is 3.23. The predicted octanol–water partition coefficient (Wildman–Crippen LogP) is 3.79. The van der Waals surface area contributed by atoms with Gasteiger partial charge in [-0.15, -0.1) is 0 Å². The quantitative estimate of drug-likeness (QED) is 0.596. The molecule has 1 aromatic heterocycles. The van der Waals surface area contributed by atoms with Gasteiger partial charge in [0.1, 0.15) is 17.2 Å². The molecule has 29 heavy (non-hydrogen) atoms.